The van der Waals surface area contributed by atoms with E-state index in [1.165, 1.54) is 0 Å². The second-order valence-electron chi connectivity index (χ2n) is 10.7. The maximum absolute atomic E-state index is 12.9. The number of pyridine rings is 1. The summed E-state index contributed by atoms with van der Waals surface area (Å²) in [6, 6.07) is 13.8. The predicted molar refractivity (Wildman–Crippen MR) is 166 cm³/mol. The van der Waals surface area contributed by atoms with Crippen molar-refractivity contribution >= 4 is 40.2 Å². The van der Waals surface area contributed by atoms with Gasteiger partial charge in [0.2, 0.25) is 5.91 Å². The molecular formula is C32H34N8O3. The Balaban J connectivity index is 1.08. The maximum atomic E-state index is 12.9. The van der Waals surface area contributed by atoms with Crippen LogP contribution in [-0.4, -0.2) is 77.2 Å². The van der Waals surface area contributed by atoms with Crippen molar-refractivity contribution < 1.29 is 14.3 Å². The van der Waals surface area contributed by atoms with E-state index in [4.69, 9.17) is 4.74 Å². The van der Waals surface area contributed by atoms with E-state index < -0.39 is 0 Å². The first kappa shape index (κ1) is 28.2. The van der Waals surface area contributed by atoms with E-state index in [1.54, 1.807) is 19.4 Å². The number of H-pyrrole nitrogens is 1. The molecule has 0 saturated carbocycles. The molecule has 1 unspecified atom stereocenters. The molecule has 2 fully saturated rings. The molecule has 0 bridgehead atoms. The third kappa shape index (κ3) is 6.76. The van der Waals surface area contributed by atoms with Crippen LogP contribution < -0.4 is 20.4 Å². The molecule has 5 heterocycles. The number of aromatic nitrogens is 4. The normalized spacial score (nSPS) is 16.8. The zero-order valence-corrected chi connectivity index (χ0v) is 24.1. The fourth-order valence-corrected chi connectivity index (χ4v) is 5.63. The van der Waals surface area contributed by atoms with Gasteiger partial charge in [0.15, 0.2) is 0 Å². The van der Waals surface area contributed by atoms with Crippen molar-refractivity contribution in [2.45, 2.75) is 32.2 Å². The smallest absolute Gasteiger partial charge is 0.296 e. The first-order valence-corrected chi connectivity index (χ1v) is 14.6. The molecule has 2 amide bonds. The Morgan fingerprint density at radius 1 is 1.05 bits per heavy atom. The maximum Gasteiger partial charge on any atom is 0.296 e. The summed E-state index contributed by atoms with van der Waals surface area (Å²) in [5.41, 5.74) is 4.59. The van der Waals surface area contributed by atoms with Gasteiger partial charge in [0.25, 0.3) is 5.91 Å². The van der Waals surface area contributed by atoms with Crippen LogP contribution in [-0.2, 0) is 20.7 Å². The molecule has 0 radical (unpaired) electrons. The van der Waals surface area contributed by atoms with Crippen molar-refractivity contribution in [3.63, 3.8) is 0 Å². The van der Waals surface area contributed by atoms with Gasteiger partial charge in [0, 0.05) is 55.9 Å². The van der Waals surface area contributed by atoms with Gasteiger partial charge in [-0.05, 0) is 48.9 Å². The van der Waals surface area contributed by atoms with Gasteiger partial charge in [-0.3, -0.25) is 9.59 Å². The lowest BCUT2D eigenvalue weighted by atomic mass is 10.0. The number of nitrogens with zero attached hydrogens (tertiary/aromatic N) is 5. The molecule has 220 valence electrons. The molecule has 3 aromatic heterocycles. The lowest BCUT2D eigenvalue weighted by Gasteiger charge is -2.34. The Hall–Kier alpha value is -4.95. The molecule has 43 heavy (non-hydrogen) atoms. The third-order valence-electron chi connectivity index (χ3n) is 7.72. The first-order chi connectivity index (χ1) is 21.1. The number of piperidine rings is 1. The van der Waals surface area contributed by atoms with Crippen LogP contribution in [0.4, 0.5) is 17.3 Å². The highest BCUT2D eigenvalue weighted by atomic mass is 16.5. The highest BCUT2D eigenvalue weighted by Crippen LogP contribution is 2.29. The number of aromatic amines is 1. The quantitative estimate of drug-likeness (QED) is 0.286. The van der Waals surface area contributed by atoms with Crippen molar-refractivity contribution in [3.8, 4) is 23.1 Å². The molecule has 11 nitrogen and oxygen atoms in total. The predicted octanol–water partition coefficient (Wildman–Crippen LogP) is 3.15. The minimum absolute atomic E-state index is 0.0281. The molecule has 3 N–H and O–H groups in total. The average molecular weight is 579 g/mol. The second kappa shape index (κ2) is 12.9. The second-order valence-corrected chi connectivity index (χ2v) is 10.7. The number of carbonyl (C=O) groups is 2. The van der Waals surface area contributed by atoms with Crippen LogP contribution in [0.2, 0.25) is 0 Å². The lowest BCUT2D eigenvalue weighted by molar-refractivity contribution is -0.116. The molecule has 2 saturated heterocycles. The number of carbonyl (C=O) groups excluding carboxylic acids is 2. The molecule has 1 atom stereocenters. The summed E-state index contributed by atoms with van der Waals surface area (Å²) in [5, 5.41) is 6.89. The van der Waals surface area contributed by atoms with Crippen molar-refractivity contribution in [1.82, 2.24) is 25.3 Å². The number of rotatable bonds is 7. The van der Waals surface area contributed by atoms with Gasteiger partial charge in [-0.15, -0.1) is 0 Å². The highest BCUT2D eigenvalue weighted by molar-refractivity contribution is 5.94. The van der Waals surface area contributed by atoms with Crippen molar-refractivity contribution in [1.29, 1.82) is 0 Å². The summed E-state index contributed by atoms with van der Waals surface area (Å²) in [6.45, 7) is 6.18. The average Bonchev–Trinajstić information content (AvgIpc) is 3.47. The van der Waals surface area contributed by atoms with Gasteiger partial charge in [0.05, 0.1) is 25.0 Å². The largest absolute Gasteiger partial charge is 0.378 e. The number of hydrogen-bond donors (Lipinski definition) is 3. The number of benzene rings is 1. The van der Waals surface area contributed by atoms with Crippen molar-refractivity contribution in [3.05, 3.63) is 60.6 Å². The van der Waals surface area contributed by atoms with Crippen LogP contribution in [0.3, 0.4) is 0 Å². The van der Waals surface area contributed by atoms with Gasteiger partial charge in [-0.2, -0.15) is 0 Å². The van der Waals surface area contributed by atoms with E-state index in [0.717, 1.165) is 71.8 Å². The summed E-state index contributed by atoms with van der Waals surface area (Å²) in [7, 11) is 0. The van der Waals surface area contributed by atoms with Gasteiger partial charge in [-0.25, -0.2) is 15.0 Å². The van der Waals surface area contributed by atoms with Gasteiger partial charge in [-0.1, -0.05) is 30.2 Å². The number of anilines is 3. The number of amides is 2. The number of hydrogen-bond acceptors (Lipinski definition) is 8. The SMILES string of the molecule is CC#CC(=O)NC1CCCN(c2ccnc(NC(=O)Cc3ccc(-c4cc5c(N6CCOCC6)ncnc5[nH]4)cc3)c2)C1. The number of ether oxygens (including phenoxy) is 1. The van der Waals surface area contributed by atoms with E-state index in [-0.39, 0.29) is 24.3 Å². The Labute approximate surface area is 250 Å². The van der Waals surface area contributed by atoms with Crippen LogP contribution in [0, 0.1) is 11.8 Å². The van der Waals surface area contributed by atoms with E-state index in [1.807, 2.05) is 36.4 Å². The van der Waals surface area contributed by atoms with Crippen LogP contribution in [0.25, 0.3) is 22.3 Å². The standard InChI is InChI=1S/C32H34N8O3/c1-2-4-29(41)36-24-5-3-12-40(20-24)25-10-11-33-28(18-25)38-30(42)17-22-6-8-23(9-7-22)27-19-26-31(37-27)34-21-35-32(26)39-13-15-43-16-14-39/h6-11,18-19,21,24H,3,5,12-17,20H2,1H3,(H,36,41)(H,33,38,42)(H,34,35,37). The topological polar surface area (TPSA) is 128 Å². The first-order valence-electron chi connectivity index (χ1n) is 14.6. The molecule has 11 heteroatoms. The summed E-state index contributed by atoms with van der Waals surface area (Å²) < 4.78 is 5.49. The van der Waals surface area contributed by atoms with Crippen LogP contribution >= 0.6 is 0 Å². The Kier molecular flexibility index (Phi) is 8.47. The molecule has 4 aromatic rings. The Morgan fingerprint density at radius 3 is 2.70 bits per heavy atom. The highest BCUT2D eigenvalue weighted by Gasteiger charge is 2.22. The Bertz CT molecular complexity index is 1670. The fraction of sp³-hybridized carbons (Fsp3) is 0.344. The van der Waals surface area contributed by atoms with E-state index >= 15 is 0 Å². The minimum Gasteiger partial charge on any atom is -0.378 e. The number of morpholine rings is 1. The molecule has 6 rings (SSSR count). The summed E-state index contributed by atoms with van der Waals surface area (Å²) in [5.74, 6) is 6.19. The monoisotopic (exact) mass is 578 g/mol. The molecule has 0 spiro atoms. The Morgan fingerprint density at radius 2 is 1.88 bits per heavy atom. The third-order valence-corrected chi connectivity index (χ3v) is 7.72. The van der Waals surface area contributed by atoms with Gasteiger partial charge >= 0.3 is 0 Å². The van der Waals surface area contributed by atoms with Gasteiger partial charge < -0.3 is 30.2 Å². The summed E-state index contributed by atoms with van der Waals surface area (Å²) >= 11 is 0. The van der Waals surface area contributed by atoms with E-state index in [0.29, 0.717) is 25.6 Å². The van der Waals surface area contributed by atoms with Crippen LogP contribution in [0.1, 0.15) is 25.3 Å². The number of fused-ring (bicyclic) bond motifs is 1. The van der Waals surface area contributed by atoms with Gasteiger partial charge in [0.1, 0.15) is 23.6 Å². The number of nitrogens with one attached hydrogen (secondary N) is 3. The van der Waals surface area contributed by atoms with Crippen LogP contribution in [0.15, 0.2) is 55.0 Å². The minimum atomic E-state index is -0.251. The fourth-order valence-electron chi connectivity index (χ4n) is 5.63. The summed E-state index contributed by atoms with van der Waals surface area (Å²) in [6.07, 6.45) is 5.37. The van der Waals surface area contributed by atoms with E-state index in [2.05, 4.69) is 58.3 Å². The van der Waals surface area contributed by atoms with Crippen LogP contribution in [0.5, 0.6) is 0 Å². The zero-order valence-electron chi connectivity index (χ0n) is 24.1. The molecule has 0 aliphatic carbocycles. The zero-order chi connectivity index (χ0) is 29.6. The van der Waals surface area contributed by atoms with Crippen molar-refractivity contribution in [2.75, 3.05) is 54.5 Å². The molecule has 2 aliphatic heterocycles. The molecule has 1 aromatic carbocycles. The molecular weight excluding hydrogens is 544 g/mol. The summed E-state index contributed by atoms with van der Waals surface area (Å²) in [4.78, 5) is 46.0. The molecule has 2 aliphatic rings. The lowest BCUT2D eigenvalue weighted by Crippen LogP contribution is -2.47. The van der Waals surface area contributed by atoms with E-state index in [9.17, 15) is 9.59 Å². The van der Waals surface area contributed by atoms with Crippen molar-refractivity contribution in [2.24, 2.45) is 0 Å².